The highest BCUT2D eigenvalue weighted by molar-refractivity contribution is 5.83. The van der Waals surface area contributed by atoms with Crippen LogP contribution in [0.25, 0.3) is 10.9 Å². The van der Waals surface area contributed by atoms with E-state index in [0.717, 1.165) is 19.5 Å². The fourth-order valence-electron chi connectivity index (χ4n) is 2.52. The fourth-order valence-corrected chi connectivity index (χ4v) is 2.52. The van der Waals surface area contributed by atoms with Crippen LogP contribution in [0.2, 0.25) is 0 Å². The summed E-state index contributed by atoms with van der Waals surface area (Å²) in [4.78, 5) is 0. The normalized spacial score (nSPS) is 11.6. The summed E-state index contributed by atoms with van der Waals surface area (Å²) >= 11 is 0. The van der Waals surface area contributed by atoms with Crippen LogP contribution in [0.15, 0.2) is 30.5 Å². The van der Waals surface area contributed by atoms with Crippen LogP contribution in [0, 0.1) is 5.92 Å². The van der Waals surface area contributed by atoms with Gasteiger partial charge in [-0.3, -0.25) is 0 Å². The van der Waals surface area contributed by atoms with Crippen LogP contribution >= 0.6 is 0 Å². The van der Waals surface area contributed by atoms with E-state index in [4.69, 9.17) is 0 Å². The van der Waals surface area contributed by atoms with Gasteiger partial charge in [0, 0.05) is 23.6 Å². The van der Waals surface area contributed by atoms with Crippen molar-refractivity contribution in [1.82, 2.24) is 9.88 Å². The van der Waals surface area contributed by atoms with Crippen molar-refractivity contribution in [3.63, 3.8) is 0 Å². The molecule has 18 heavy (non-hydrogen) atoms. The van der Waals surface area contributed by atoms with Gasteiger partial charge in [-0.05, 0) is 44.0 Å². The highest BCUT2D eigenvalue weighted by Gasteiger charge is 2.08. The second-order valence-corrected chi connectivity index (χ2v) is 5.42. The van der Waals surface area contributed by atoms with Crippen molar-refractivity contribution in [2.45, 2.75) is 33.2 Å². The number of benzene rings is 1. The number of para-hydroxylation sites is 1. The molecule has 0 amide bonds. The molecule has 1 heterocycles. The van der Waals surface area contributed by atoms with E-state index in [-0.39, 0.29) is 0 Å². The van der Waals surface area contributed by atoms with Crippen LogP contribution in [0.3, 0.4) is 0 Å². The molecule has 0 bridgehead atoms. The number of hydrogen-bond donors (Lipinski definition) is 1. The van der Waals surface area contributed by atoms with Crippen molar-refractivity contribution in [3.8, 4) is 0 Å². The Kier molecular flexibility index (Phi) is 4.43. The lowest BCUT2D eigenvalue weighted by atomic mass is 10.1. The first kappa shape index (κ1) is 13.2. The summed E-state index contributed by atoms with van der Waals surface area (Å²) in [5.41, 5.74) is 2.87. The third-order valence-corrected chi connectivity index (χ3v) is 3.31. The van der Waals surface area contributed by atoms with Crippen molar-refractivity contribution in [2.24, 2.45) is 5.92 Å². The van der Waals surface area contributed by atoms with Crippen LogP contribution in [0.5, 0.6) is 0 Å². The molecule has 0 aliphatic heterocycles. The van der Waals surface area contributed by atoms with Gasteiger partial charge in [0.2, 0.25) is 0 Å². The average molecular weight is 244 g/mol. The van der Waals surface area contributed by atoms with Crippen molar-refractivity contribution in [3.05, 3.63) is 36.0 Å². The summed E-state index contributed by atoms with van der Waals surface area (Å²) in [5, 5.41) is 4.64. The molecule has 1 aromatic heterocycles. The summed E-state index contributed by atoms with van der Waals surface area (Å²) in [6.45, 7) is 6.74. The van der Waals surface area contributed by atoms with Crippen LogP contribution in [0.4, 0.5) is 0 Å². The minimum absolute atomic E-state index is 0.686. The van der Waals surface area contributed by atoms with E-state index in [1.165, 1.54) is 22.9 Å². The van der Waals surface area contributed by atoms with Crippen molar-refractivity contribution in [1.29, 1.82) is 0 Å². The quantitative estimate of drug-likeness (QED) is 0.770. The zero-order chi connectivity index (χ0) is 13.0. The second kappa shape index (κ2) is 6.05. The molecule has 1 N–H and O–H groups in total. The van der Waals surface area contributed by atoms with E-state index in [1.54, 1.807) is 0 Å². The van der Waals surface area contributed by atoms with E-state index in [1.807, 2.05) is 7.05 Å². The van der Waals surface area contributed by atoms with Crippen LogP contribution < -0.4 is 5.32 Å². The van der Waals surface area contributed by atoms with E-state index >= 15 is 0 Å². The lowest BCUT2D eigenvalue weighted by Gasteiger charge is -2.07. The van der Waals surface area contributed by atoms with E-state index < -0.39 is 0 Å². The molecular weight excluding hydrogens is 220 g/mol. The average Bonchev–Trinajstić information content (AvgIpc) is 2.68. The zero-order valence-corrected chi connectivity index (χ0v) is 11.7. The first-order valence-electron chi connectivity index (χ1n) is 6.93. The second-order valence-electron chi connectivity index (χ2n) is 5.42. The number of rotatable bonds is 6. The van der Waals surface area contributed by atoms with E-state index in [2.05, 4.69) is 54.2 Å². The number of aromatic nitrogens is 1. The van der Waals surface area contributed by atoms with Gasteiger partial charge in [0.05, 0.1) is 0 Å². The minimum atomic E-state index is 0.686. The van der Waals surface area contributed by atoms with E-state index in [0.29, 0.717) is 5.92 Å². The fraction of sp³-hybridized carbons (Fsp3) is 0.500. The maximum Gasteiger partial charge on any atom is 0.0483 e. The zero-order valence-electron chi connectivity index (χ0n) is 11.7. The molecule has 2 nitrogen and oxygen atoms in total. The Bertz CT molecular complexity index is 497. The summed E-state index contributed by atoms with van der Waals surface area (Å²) in [6, 6.07) is 8.76. The molecule has 0 saturated carbocycles. The van der Waals surface area contributed by atoms with Gasteiger partial charge in [-0.25, -0.2) is 0 Å². The third kappa shape index (κ3) is 2.94. The maximum absolute atomic E-state index is 3.22. The number of fused-ring (bicyclic) bond motifs is 1. The predicted octanol–water partition coefficient (Wildman–Crippen LogP) is 3.45. The molecule has 98 valence electrons. The number of hydrogen-bond acceptors (Lipinski definition) is 1. The Morgan fingerprint density at radius 1 is 1.22 bits per heavy atom. The summed E-state index contributed by atoms with van der Waals surface area (Å²) in [6.07, 6.45) is 4.71. The number of aryl methyl sites for hydroxylation is 1. The van der Waals surface area contributed by atoms with Crippen LogP contribution in [0.1, 0.15) is 25.8 Å². The number of nitrogens with one attached hydrogen (secondary N) is 1. The standard InChI is InChI=1S/C16H24N2/c1-13(2)11-18-12-14(7-6-10-17-3)15-8-4-5-9-16(15)18/h4-5,8-9,12-13,17H,6-7,10-11H2,1-3H3. The molecule has 0 unspecified atom stereocenters. The highest BCUT2D eigenvalue weighted by atomic mass is 15.0. The first-order valence-corrected chi connectivity index (χ1v) is 6.93. The van der Waals surface area contributed by atoms with Gasteiger partial charge in [-0.2, -0.15) is 0 Å². The Morgan fingerprint density at radius 3 is 2.72 bits per heavy atom. The SMILES string of the molecule is CNCCCc1cn(CC(C)C)c2ccccc12. The molecule has 2 aromatic rings. The molecule has 1 aromatic carbocycles. The van der Waals surface area contributed by atoms with Crippen molar-refractivity contribution < 1.29 is 0 Å². The molecule has 0 aliphatic carbocycles. The van der Waals surface area contributed by atoms with Gasteiger partial charge in [-0.1, -0.05) is 32.0 Å². The molecule has 2 heteroatoms. The molecule has 0 atom stereocenters. The Labute approximate surface area is 110 Å². The van der Waals surface area contributed by atoms with E-state index in [9.17, 15) is 0 Å². The molecule has 2 rings (SSSR count). The Morgan fingerprint density at radius 2 is 2.00 bits per heavy atom. The Balaban J connectivity index is 2.29. The minimum Gasteiger partial charge on any atom is -0.347 e. The molecule has 0 radical (unpaired) electrons. The predicted molar refractivity (Wildman–Crippen MR) is 79.0 cm³/mol. The lowest BCUT2D eigenvalue weighted by Crippen LogP contribution is -2.08. The highest BCUT2D eigenvalue weighted by Crippen LogP contribution is 2.23. The van der Waals surface area contributed by atoms with Crippen molar-refractivity contribution in [2.75, 3.05) is 13.6 Å². The van der Waals surface area contributed by atoms with Crippen LogP contribution in [-0.4, -0.2) is 18.2 Å². The van der Waals surface area contributed by atoms with Gasteiger partial charge < -0.3 is 9.88 Å². The smallest absolute Gasteiger partial charge is 0.0483 e. The van der Waals surface area contributed by atoms with Gasteiger partial charge in [0.25, 0.3) is 0 Å². The Hall–Kier alpha value is -1.28. The summed E-state index contributed by atoms with van der Waals surface area (Å²) < 4.78 is 2.41. The topological polar surface area (TPSA) is 17.0 Å². The van der Waals surface area contributed by atoms with Gasteiger partial charge >= 0.3 is 0 Å². The molecule has 0 aliphatic rings. The maximum atomic E-state index is 3.22. The molecular formula is C16H24N2. The molecule has 0 fully saturated rings. The molecule has 0 spiro atoms. The van der Waals surface area contributed by atoms with Gasteiger partial charge in [0.15, 0.2) is 0 Å². The third-order valence-electron chi connectivity index (χ3n) is 3.31. The largest absolute Gasteiger partial charge is 0.347 e. The summed E-state index contributed by atoms with van der Waals surface area (Å²) in [7, 11) is 2.02. The monoisotopic (exact) mass is 244 g/mol. The van der Waals surface area contributed by atoms with Crippen LogP contribution in [-0.2, 0) is 13.0 Å². The van der Waals surface area contributed by atoms with Gasteiger partial charge in [-0.15, -0.1) is 0 Å². The first-order chi connectivity index (χ1) is 8.72. The molecule has 0 saturated heterocycles. The lowest BCUT2D eigenvalue weighted by molar-refractivity contribution is 0.534. The van der Waals surface area contributed by atoms with Gasteiger partial charge in [0.1, 0.15) is 0 Å². The summed E-state index contributed by atoms with van der Waals surface area (Å²) in [5.74, 6) is 0.686. The van der Waals surface area contributed by atoms with Crippen molar-refractivity contribution >= 4 is 10.9 Å². The number of nitrogens with zero attached hydrogens (tertiary/aromatic N) is 1.